The van der Waals surface area contributed by atoms with E-state index in [1.807, 2.05) is 0 Å². The Morgan fingerprint density at radius 3 is 2.47 bits per heavy atom. The van der Waals surface area contributed by atoms with Gasteiger partial charge in [-0.2, -0.15) is 0 Å². The van der Waals surface area contributed by atoms with Crippen molar-refractivity contribution in [2.24, 2.45) is 0 Å². The molecule has 0 saturated heterocycles. The molecule has 4 heteroatoms. The SMILES string of the molecule is O=C(O)C(O)C1(c2ccccc2Cl)CC1. The summed E-state index contributed by atoms with van der Waals surface area (Å²) in [6, 6.07) is 7.08. The van der Waals surface area contributed by atoms with E-state index in [1.165, 1.54) is 0 Å². The van der Waals surface area contributed by atoms with Crippen LogP contribution < -0.4 is 0 Å². The van der Waals surface area contributed by atoms with Gasteiger partial charge >= 0.3 is 5.97 Å². The molecule has 1 aliphatic rings. The first-order chi connectivity index (χ1) is 7.08. The molecule has 1 aromatic carbocycles. The van der Waals surface area contributed by atoms with Crippen LogP contribution in [0.2, 0.25) is 5.02 Å². The largest absolute Gasteiger partial charge is 0.479 e. The van der Waals surface area contributed by atoms with Crippen LogP contribution in [-0.4, -0.2) is 22.3 Å². The van der Waals surface area contributed by atoms with E-state index < -0.39 is 17.5 Å². The summed E-state index contributed by atoms with van der Waals surface area (Å²) in [6.07, 6.45) is -0.0219. The lowest BCUT2D eigenvalue weighted by Crippen LogP contribution is -2.34. The number of carboxylic acids is 1. The predicted octanol–water partition coefficient (Wildman–Crippen LogP) is 1.82. The van der Waals surface area contributed by atoms with Gasteiger partial charge in [0.25, 0.3) is 0 Å². The zero-order chi connectivity index (χ0) is 11.1. The van der Waals surface area contributed by atoms with E-state index in [-0.39, 0.29) is 0 Å². The molecule has 0 aliphatic heterocycles. The lowest BCUT2D eigenvalue weighted by Gasteiger charge is -2.20. The van der Waals surface area contributed by atoms with Crippen molar-refractivity contribution in [1.82, 2.24) is 0 Å². The van der Waals surface area contributed by atoms with Crippen molar-refractivity contribution in [2.75, 3.05) is 0 Å². The third-order valence-corrected chi connectivity index (χ3v) is 3.29. The maximum absolute atomic E-state index is 10.8. The van der Waals surface area contributed by atoms with Crippen LogP contribution in [0.4, 0.5) is 0 Å². The van der Waals surface area contributed by atoms with Crippen LogP contribution in [0.15, 0.2) is 24.3 Å². The first-order valence-electron chi connectivity index (χ1n) is 4.74. The van der Waals surface area contributed by atoms with Crippen LogP contribution in [0.5, 0.6) is 0 Å². The molecule has 0 aromatic heterocycles. The van der Waals surface area contributed by atoms with Crippen molar-refractivity contribution in [3.8, 4) is 0 Å². The number of halogens is 1. The standard InChI is InChI=1S/C11H11ClO3/c12-8-4-2-1-3-7(8)11(5-6-11)9(13)10(14)15/h1-4,9,13H,5-6H2,(H,14,15). The molecule has 15 heavy (non-hydrogen) atoms. The Morgan fingerprint density at radius 1 is 1.40 bits per heavy atom. The summed E-state index contributed by atoms with van der Waals surface area (Å²) in [7, 11) is 0. The maximum atomic E-state index is 10.8. The minimum Gasteiger partial charge on any atom is -0.479 e. The van der Waals surface area contributed by atoms with E-state index in [1.54, 1.807) is 24.3 Å². The molecule has 0 heterocycles. The second-order valence-corrected chi connectivity index (χ2v) is 4.28. The summed E-state index contributed by atoms with van der Waals surface area (Å²) in [4.78, 5) is 10.8. The smallest absolute Gasteiger partial charge is 0.333 e. The fourth-order valence-corrected chi connectivity index (χ4v) is 2.25. The maximum Gasteiger partial charge on any atom is 0.333 e. The Kier molecular flexibility index (Phi) is 2.44. The lowest BCUT2D eigenvalue weighted by atomic mass is 9.90. The molecular weight excluding hydrogens is 216 g/mol. The second kappa shape index (κ2) is 3.51. The Labute approximate surface area is 92.3 Å². The Morgan fingerprint density at radius 2 is 2.00 bits per heavy atom. The Bertz CT molecular complexity index is 399. The van der Waals surface area contributed by atoms with E-state index in [2.05, 4.69) is 0 Å². The van der Waals surface area contributed by atoms with Gasteiger partial charge in [-0.1, -0.05) is 29.8 Å². The van der Waals surface area contributed by atoms with Crippen molar-refractivity contribution in [3.05, 3.63) is 34.9 Å². The van der Waals surface area contributed by atoms with Gasteiger partial charge in [0.15, 0.2) is 6.10 Å². The molecule has 3 nitrogen and oxygen atoms in total. The summed E-state index contributed by atoms with van der Waals surface area (Å²) in [5.74, 6) is -1.19. The van der Waals surface area contributed by atoms with Gasteiger partial charge in [-0.3, -0.25) is 0 Å². The molecule has 0 amide bonds. The Balaban J connectivity index is 2.39. The summed E-state index contributed by atoms with van der Waals surface area (Å²) in [5, 5.41) is 19.0. The van der Waals surface area contributed by atoms with E-state index in [0.717, 1.165) is 5.56 Å². The molecule has 1 atom stereocenters. The lowest BCUT2D eigenvalue weighted by molar-refractivity contribution is -0.148. The highest BCUT2D eigenvalue weighted by atomic mass is 35.5. The number of aliphatic carboxylic acids is 1. The van der Waals surface area contributed by atoms with Gasteiger partial charge in [0, 0.05) is 10.4 Å². The summed E-state index contributed by atoms with van der Waals surface area (Å²) >= 11 is 5.99. The number of hydrogen-bond acceptors (Lipinski definition) is 2. The molecule has 1 saturated carbocycles. The van der Waals surface area contributed by atoms with E-state index in [0.29, 0.717) is 17.9 Å². The highest BCUT2D eigenvalue weighted by molar-refractivity contribution is 6.31. The molecule has 1 aliphatic carbocycles. The predicted molar refractivity (Wildman–Crippen MR) is 56.0 cm³/mol. The number of hydrogen-bond donors (Lipinski definition) is 2. The van der Waals surface area contributed by atoms with Gasteiger partial charge in [0.2, 0.25) is 0 Å². The van der Waals surface area contributed by atoms with Gasteiger partial charge < -0.3 is 10.2 Å². The molecule has 1 aromatic rings. The molecule has 0 bridgehead atoms. The molecule has 0 radical (unpaired) electrons. The van der Waals surface area contributed by atoms with Crippen molar-refractivity contribution >= 4 is 17.6 Å². The van der Waals surface area contributed by atoms with Crippen molar-refractivity contribution in [2.45, 2.75) is 24.4 Å². The van der Waals surface area contributed by atoms with Gasteiger partial charge in [0.1, 0.15) is 0 Å². The van der Waals surface area contributed by atoms with Crippen LogP contribution in [0.25, 0.3) is 0 Å². The van der Waals surface area contributed by atoms with Crippen molar-refractivity contribution in [1.29, 1.82) is 0 Å². The van der Waals surface area contributed by atoms with Gasteiger partial charge in [-0.25, -0.2) is 4.79 Å². The highest BCUT2D eigenvalue weighted by Crippen LogP contribution is 2.53. The van der Waals surface area contributed by atoms with Crippen LogP contribution in [0.3, 0.4) is 0 Å². The fraction of sp³-hybridized carbons (Fsp3) is 0.364. The molecule has 1 unspecified atom stereocenters. The first kappa shape index (κ1) is 10.5. The van der Waals surface area contributed by atoms with Crippen LogP contribution in [0.1, 0.15) is 18.4 Å². The normalized spacial score (nSPS) is 19.6. The van der Waals surface area contributed by atoms with Crippen LogP contribution in [-0.2, 0) is 10.2 Å². The molecule has 1 fully saturated rings. The van der Waals surface area contributed by atoms with E-state index in [4.69, 9.17) is 16.7 Å². The summed E-state index contributed by atoms with van der Waals surface area (Å²) < 4.78 is 0. The Hall–Kier alpha value is -1.06. The number of carboxylic acid groups (broad SMARTS) is 1. The first-order valence-corrected chi connectivity index (χ1v) is 5.11. The molecule has 0 spiro atoms. The topological polar surface area (TPSA) is 57.5 Å². The molecule has 2 N–H and O–H groups in total. The summed E-state index contributed by atoms with van der Waals surface area (Å²) in [6.45, 7) is 0. The van der Waals surface area contributed by atoms with Crippen LogP contribution in [0, 0.1) is 0 Å². The minimum atomic E-state index is -1.36. The number of aliphatic hydroxyl groups excluding tert-OH is 1. The van der Waals surface area contributed by atoms with E-state index >= 15 is 0 Å². The quantitative estimate of drug-likeness (QED) is 0.827. The average Bonchev–Trinajstić information content (AvgIpc) is 2.98. The minimum absolute atomic E-state index is 0.523. The molecule has 80 valence electrons. The third-order valence-electron chi connectivity index (χ3n) is 2.96. The number of carbonyl (C=O) groups is 1. The zero-order valence-electron chi connectivity index (χ0n) is 7.98. The number of aliphatic hydroxyl groups is 1. The average molecular weight is 227 g/mol. The monoisotopic (exact) mass is 226 g/mol. The van der Waals surface area contributed by atoms with Crippen molar-refractivity contribution < 1.29 is 15.0 Å². The molecular formula is C11H11ClO3. The zero-order valence-corrected chi connectivity index (χ0v) is 8.74. The van der Waals surface area contributed by atoms with Gasteiger partial charge in [-0.05, 0) is 24.5 Å². The van der Waals surface area contributed by atoms with Gasteiger partial charge in [0.05, 0.1) is 0 Å². The second-order valence-electron chi connectivity index (χ2n) is 3.88. The van der Waals surface area contributed by atoms with Crippen molar-refractivity contribution in [3.63, 3.8) is 0 Å². The highest BCUT2D eigenvalue weighted by Gasteiger charge is 2.54. The van der Waals surface area contributed by atoms with Gasteiger partial charge in [-0.15, -0.1) is 0 Å². The molecule has 2 rings (SSSR count). The fourth-order valence-electron chi connectivity index (χ4n) is 1.93. The van der Waals surface area contributed by atoms with E-state index in [9.17, 15) is 9.90 Å². The number of rotatable bonds is 3. The summed E-state index contributed by atoms with van der Waals surface area (Å²) in [5.41, 5.74) is 0.0750. The number of benzene rings is 1. The third kappa shape index (κ3) is 1.62. The van der Waals surface area contributed by atoms with Crippen LogP contribution >= 0.6 is 11.6 Å².